The number of hydrogen-bond donors (Lipinski definition) is 0. The summed E-state index contributed by atoms with van der Waals surface area (Å²) in [7, 11) is 0. The Bertz CT molecular complexity index is 246. The molecule has 3 nitrogen and oxygen atoms in total. The van der Waals surface area contributed by atoms with Gasteiger partial charge >= 0.3 is 5.97 Å². The minimum Gasteiger partial charge on any atom is -0.460 e. The summed E-state index contributed by atoms with van der Waals surface area (Å²) in [5.74, 6) is -0.136. The lowest BCUT2D eigenvalue weighted by atomic mass is 9.84. The first-order valence-corrected chi connectivity index (χ1v) is 5.27. The molecule has 0 aliphatic heterocycles. The number of Topliss-reactive ketones (excluding diaryl/α,β-unsaturated/α-hetero) is 1. The highest BCUT2D eigenvalue weighted by Gasteiger charge is 2.25. The van der Waals surface area contributed by atoms with Crippen LogP contribution in [0.15, 0.2) is 0 Å². The fourth-order valence-corrected chi connectivity index (χ4v) is 0.983. The van der Waals surface area contributed by atoms with Gasteiger partial charge in [0.2, 0.25) is 0 Å². The number of ketones is 1. The van der Waals surface area contributed by atoms with Crippen LogP contribution in [0.25, 0.3) is 0 Å². The van der Waals surface area contributed by atoms with Crippen molar-refractivity contribution in [2.45, 2.75) is 60.0 Å². The highest BCUT2D eigenvalue weighted by atomic mass is 16.6. The van der Waals surface area contributed by atoms with Crippen LogP contribution >= 0.6 is 0 Å². The Hall–Kier alpha value is -0.860. The molecule has 0 fully saturated rings. The first kappa shape index (κ1) is 14.1. The molecular weight excluding hydrogens is 192 g/mol. The van der Waals surface area contributed by atoms with Gasteiger partial charge in [-0.15, -0.1) is 0 Å². The number of ether oxygens (including phenoxy) is 1. The molecule has 88 valence electrons. The fraction of sp³-hybridized carbons (Fsp3) is 0.833. The number of esters is 1. The molecule has 0 aliphatic carbocycles. The first-order valence-electron chi connectivity index (χ1n) is 5.27. The van der Waals surface area contributed by atoms with E-state index in [9.17, 15) is 9.59 Å². The molecule has 0 heterocycles. The van der Waals surface area contributed by atoms with Crippen molar-refractivity contribution in [1.82, 2.24) is 0 Å². The van der Waals surface area contributed by atoms with Gasteiger partial charge in [-0.2, -0.15) is 0 Å². The monoisotopic (exact) mass is 214 g/mol. The van der Waals surface area contributed by atoms with E-state index in [1.807, 2.05) is 34.6 Å². The van der Waals surface area contributed by atoms with Crippen LogP contribution in [0.5, 0.6) is 0 Å². The zero-order valence-electron chi connectivity index (χ0n) is 10.6. The van der Waals surface area contributed by atoms with Crippen LogP contribution < -0.4 is 0 Å². The van der Waals surface area contributed by atoms with E-state index in [1.165, 1.54) is 0 Å². The van der Waals surface area contributed by atoms with Gasteiger partial charge in [0.1, 0.15) is 11.4 Å². The summed E-state index contributed by atoms with van der Waals surface area (Å²) in [5.41, 5.74) is -0.881. The van der Waals surface area contributed by atoms with Crippen LogP contribution in [0, 0.1) is 5.41 Å². The summed E-state index contributed by atoms with van der Waals surface area (Å²) < 4.78 is 5.16. The maximum atomic E-state index is 11.4. The van der Waals surface area contributed by atoms with Gasteiger partial charge < -0.3 is 4.74 Å². The summed E-state index contributed by atoms with van der Waals surface area (Å²) in [6.07, 6.45) is 0.834. The van der Waals surface area contributed by atoms with Crippen molar-refractivity contribution < 1.29 is 14.3 Å². The predicted molar refractivity (Wildman–Crippen MR) is 59.5 cm³/mol. The van der Waals surface area contributed by atoms with Gasteiger partial charge in [0.15, 0.2) is 0 Å². The summed E-state index contributed by atoms with van der Waals surface area (Å²) in [6.45, 7) is 10.7. The molecule has 0 saturated carbocycles. The predicted octanol–water partition coefficient (Wildman–Crippen LogP) is 2.72. The van der Waals surface area contributed by atoms with E-state index >= 15 is 0 Å². The summed E-state index contributed by atoms with van der Waals surface area (Å²) in [4.78, 5) is 22.6. The van der Waals surface area contributed by atoms with Gasteiger partial charge in [-0.3, -0.25) is 9.59 Å². The topological polar surface area (TPSA) is 43.4 Å². The number of hydrogen-bond acceptors (Lipinski definition) is 3. The van der Waals surface area contributed by atoms with Crippen molar-refractivity contribution in [2.75, 3.05) is 0 Å². The van der Waals surface area contributed by atoms with Crippen molar-refractivity contribution in [3.63, 3.8) is 0 Å². The number of rotatable bonds is 4. The van der Waals surface area contributed by atoms with Crippen LogP contribution in [0.1, 0.15) is 54.4 Å². The van der Waals surface area contributed by atoms with Gasteiger partial charge in [0.05, 0.1) is 0 Å². The summed E-state index contributed by atoms with van der Waals surface area (Å²) in [6, 6.07) is 0. The molecule has 0 saturated heterocycles. The van der Waals surface area contributed by atoms with Crippen molar-refractivity contribution in [3.05, 3.63) is 0 Å². The molecule has 3 heteroatoms. The first-order chi connectivity index (χ1) is 6.54. The van der Waals surface area contributed by atoms with Crippen molar-refractivity contribution in [2.24, 2.45) is 5.41 Å². The Morgan fingerprint density at radius 1 is 1.07 bits per heavy atom. The second-order valence-electron chi connectivity index (χ2n) is 5.53. The minimum absolute atomic E-state index is 0.103. The summed E-state index contributed by atoms with van der Waals surface area (Å²) >= 11 is 0. The Morgan fingerprint density at radius 3 is 1.87 bits per heavy atom. The van der Waals surface area contributed by atoms with Gasteiger partial charge in [-0.05, 0) is 34.1 Å². The largest absolute Gasteiger partial charge is 0.460 e. The van der Waals surface area contributed by atoms with Crippen molar-refractivity contribution in [1.29, 1.82) is 0 Å². The second-order valence-corrected chi connectivity index (χ2v) is 5.53. The summed E-state index contributed by atoms with van der Waals surface area (Å²) in [5, 5.41) is 0. The maximum Gasteiger partial charge on any atom is 0.306 e. The van der Waals surface area contributed by atoms with Crippen molar-refractivity contribution in [3.8, 4) is 0 Å². The lowest BCUT2D eigenvalue weighted by Crippen LogP contribution is -2.27. The maximum absolute atomic E-state index is 11.4. The highest BCUT2D eigenvalue weighted by Crippen LogP contribution is 2.24. The van der Waals surface area contributed by atoms with Gasteiger partial charge in [0.25, 0.3) is 0 Å². The smallest absolute Gasteiger partial charge is 0.306 e. The quantitative estimate of drug-likeness (QED) is 0.676. The lowest BCUT2D eigenvalue weighted by Gasteiger charge is -2.23. The number of carbonyl (C=O) groups is 2. The van der Waals surface area contributed by atoms with Gasteiger partial charge in [0, 0.05) is 11.8 Å². The molecular formula is C12H22O3. The minimum atomic E-state index is -0.447. The molecule has 0 aromatic rings. The Balaban J connectivity index is 4.07. The highest BCUT2D eigenvalue weighted by molar-refractivity contribution is 5.82. The molecule has 0 rings (SSSR count). The Kier molecular flexibility index (Phi) is 4.50. The fourth-order valence-electron chi connectivity index (χ4n) is 0.983. The average molecular weight is 214 g/mol. The van der Waals surface area contributed by atoms with E-state index in [0.29, 0.717) is 12.8 Å². The zero-order chi connectivity index (χ0) is 12.3. The van der Waals surface area contributed by atoms with Crippen LogP contribution in [0.4, 0.5) is 0 Å². The Morgan fingerprint density at radius 2 is 1.53 bits per heavy atom. The molecule has 0 aliphatic rings. The van der Waals surface area contributed by atoms with Crippen molar-refractivity contribution >= 4 is 11.8 Å². The molecule has 0 N–H and O–H groups in total. The third kappa shape index (κ3) is 6.26. The molecule has 0 unspecified atom stereocenters. The van der Waals surface area contributed by atoms with Crippen LogP contribution in [-0.2, 0) is 14.3 Å². The van der Waals surface area contributed by atoms with Crippen LogP contribution in [-0.4, -0.2) is 17.4 Å². The third-order valence-electron chi connectivity index (χ3n) is 2.33. The molecule has 0 amide bonds. The van der Waals surface area contributed by atoms with E-state index in [4.69, 9.17) is 4.74 Å². The van der Waals surface area contributed by atoms with Gasteiger partial charge in [-0.25, -0.2) is 0 Å². The second kappa shape index (κ2) is 4.77. The molecule has 15 heavy (non-hydrogen) atoms. The van der Waals surface area contributed by atoms with Gasteiger partial charge in [-0.1, -0.05) is 13.8 Å². The SMILES string of the molecule is CC(=O)C(C)(C)CCC(=O)OC(C)(C)C. The Labute approximate surface area is 92.2 Å². The van der Waals surface area contributed by atoms with E-state index in [0.717, 1.165) is 0 Å². The third-order valence-corrected chi connectivity index (χ3v) is 2.33. The van der Waals surface area contributed by atoms with E-state index in [-0.39, 0.29) is 11.8 Å². The molecule has 0 atom stereocenters. The lowest BCUT2D eigenvalue weighted by molar-refractivity contribution is -0.155. The normalized spacial score (nSPS) is 12.4. The average Bonchev–Trinajstić information content (AvgIpc) is 1.97. The van der Waals surface area contributed by atoms with Crippen LogP contribution in [0.3, 0.4) is 0 Å². The van der Waals surface area contributed by atoms with E-state index in [2.05, 4.69) is 0 Å². The van der Waals surface area contributed by atoms with E-state index in [1.54, 1.807) is 6.92 Å². The zero-order valence-corrected chi connectivity index (χ0v) is 10.6. The molecule has 0 spiro atoms. The molecule has 0 bridgehead atoms. The standard InChI is InChI=1S/C12H22O3/c1-9(13)12(5,6)8-7-10(14)15-11(2,3)4/h7-8H2,1-6H3. The molecule has 0 radical (unpaired) electrons. The van der Waals surface area contributed by atoms with E-state index < -0.39 is 11.0 Å². The molecule has 0 aromatic heterocycles. The van der Waals surface area contributed by atoms with Crippen LogP contribution in [0.2, 0.25) is 0 Å². The number of carbonyl (C=O) groups excluding carboxylic acids is 2. The molecule has 0 aromatic carbocycles.